The number of aliphatic hydroxyl groups excluding tert-OH is 1. The van der Waals surface area contributed by atoms with E-state index in [0.717, 1.165) is 4.88 Å². The van der Waals surface area contributed by atoms with Gasteiger partial charge in [-0.15, -0.1) is 11.3 Å². The molecular weight excluding hydrogens is 272 g/mol. The van der Waals surface area contributed by atoms with Crippen molar-refractivity contribution in [2.45, 2.75) is 6.10 Å². The molecule has 0 saturated heterocycles. The van der Waals surface area contributed by atoms with E-state index in [1.165, 1.54) is 11.3 Å². The fourth-order valence-corrected chi connectivity index (χ4v) is 3.01. The van der Waals surface area contributed by atoms with E-state index in [-0.39, 0.29) is 0 Å². The lowest BCUT2D eigenvalue weighted by atomic mass is 10.1. The number of ether oxygens (including phenoxy) is 2. The number of para-hydroxylation sites is 1. The minimum absolute atomic E-state index is 0.502. The normalized spacial score (nSPS) is 15.4. The number of halogens is 1. The van der Waals surface area contributed by atoms with Gasteiger partial charge in [-0.05, 0) is 18.2 Å². The van der Waals surface area contributed by atoms with E-state index in [2.05, 4.69) is 0 Å². The fraction of sp³-hybridized carbons (Fsp3) is 0.231. The standard InChI is InChI=1S/C13H11ClO3S/c14-11-5-4-10(18-11)12(15)8-2-1-3-9-13(8)17-7-6-16-9/h1-5,12,15H,6-7H2. The van der Waals surface area contributed by atoms with E-state index in [1.807, 2.05) is 24.3 Å². The Morgan fingerprint density at radius 1 is 1.17 bits per heavy atom. The zero-order valence-corrected chi connectivity index (χ0v) is 11.0. The Morgan fingerprint density at radius 3 is 2.78 bits per heavy atom. The van der Waals surface area contributed by atoms with E-state index in [0.29, 0.717) is 34.6 Å². The minimum atomic E-state index is -0.737. The number of aliphatic hydroxyl groups is 1. The molecule has 0 aliphatic carbocycles. The largest absolute Gasteiger partial charge is 0.486 e. The molecule has 1 unspecified atom stereocenters. The Hall–Kier alpha value is -1.23. The van der Waals surface area contributed by atoms with Crippen LogP contribution >= 0.6 is 22.9 Å². The molecule has 1 aliphatic heterocycles. The second-order valence-corrected chi connectivity index (χ2v) is 5.66. The number of hydrogen-bond acceptors (Lipinski definition) is 4. The average Bonchev–Trinajstić information content (AvgIpc) is 2.84. The van der Waals surface area contributed by atoms with Crippen LogP contribution in [0.3, 0.4) is 0 Å². The van der Waals surface area contributed by atoms with Crippen molar-refractivity contribution in [2.24, 2.45) is 0 Å². The molecule has 1 atom stereocenters. The third-order valence-electron chi connectivity index (χ3n) is 2.75. The monoisotopic (exact) mass is 282 g/mol. The SMILES string of the molecule is OC(c1ccc(Cl)s1)c1cccc2c1OCCO2. The molecule has 1 aromatic heterocycles. The van der Waals surface area contributed by atoms with Gasteiger partial charge >= 0.3 is 0 Å². The van der Waals surface area contributed by atoms with Gasteiger partial charge in [0.15, 0.2) is 11.5 Å². The van der Waals surface area contributed by atoms with Crippen LogP contribution in [0.25, 0.3) is 0 Å². The predicted molar refractivity (Wildman–Crippen MR) is 70.8 cm³/mol. The van der Waals surface area contributed by atoms with Crippen molar-refractivity contribution in [2.75, 3.05) is 13.2 Å². The van der Waals surface area contributed by atoms with Gasteiger partial charge < -0.3 is 14.6 Å². The molecule has 2 heterocycles. The minimum Gasteiger partial charge on any atom is -0.486 e. The summed E-state index contributed by atoms with van der Waals surface area (Å²) in [7, 11) is 0. The number of rotatable bonds is 2. The number of thiophene rings is 1. The van der Waals surface area contributed by atoms with Gasteiger partial charge in [-0.25, -0.2) is 0 Å². The predicted octanol–water partition coefficient (Wildman–Crippen LogP) is 3.25. The summed E-state index contributed by atoms with van der Waals surface area (Å²) in [5.41, 5.74) is 0.714. The van der Waals surface area contributed by atoms with Crippen LogP contribution in [0.15, 0.2) is 30.3 Å². The zero-order valence-electron chi connectivity index (χ0n) is 9.43. The lowest BCUT2D eigenvalue weighted by Gasteiger charge is -2.22. The summed E-state index contributed by atoms with van der Waals surface area (Å²) in [4.78, 5) is 0.794. The molecule has 0 spiro atoms. The van der Waals surface area contributed by atoms with E-state index in [9.17, 15) is 5.11 Å². The molecule has 5 heteroatoms. The molecule has 0 amide bonds. The summed E-state index contributed by atoms with van der Waals surface area (Å²) < 4.78 is 11.7. The van der Waals surface area contributed by atoms with E-state index >= 15 is 0 Å². The van der Waals surface area contributed by atoms with Crippen LogP contribution in [0.1, 0.15) is 16.5 Å². The lowest BCUT2D eigenvalue weighted by molar-refractivity contribution is 0.159. The van der Waals surface area contributed by atoms with Crippen LogP contribution in [0.4, 0.5) is 0 Å². The molecule has 3 rings (SSSR count). The summed E-state index contributed by atoms with van der Waals surface area (Å²) in [5.74, 6) is 1.31. The lowest BCUT2D eigenvalue weighted by Crippen LogP contribution is -2.17. The van der Waals surface area contributed by atoms with Gasteiger partial charge in [0.1, 0.15) is 19.3 Å². The molecule has 2 aromatic rings. The topological polar surface area (TPSA) is 38.7 Å². The quantitative estimate of drug-likeness (QED) is 0.919. The number of fused-ring (bicyclic) bond motifs is 1. The highest BCUT2D eigenvalue weighted by Gasteiger charge is 2.22. The second kappa shape index (κ2) is 4.80. The molecule has 0 saturated carbocycles. The zero-order chi connectivity index (χ0) is 12.5. The van der Waals surface area contributed by atoms with Crippen molar-refractivity contribution in [1.29, 1.82) is 0 Å². The first-order chi connectivity index (χ1) is 8.75. The van der Waals surface area contributed by atoms with Crippen LogP contribution in [-0.4, -0.2) is 18.3 Å². The van der Waals surface area contributed by atoms with Crippen LogP contribution in [0.2, 0.25) is 4.34 Å². The van der Waals surface area contributed by atoms with Crippen molar-refractivity contribution in [3.05, 3.63) is 45.1 Å². The van der Waals surface area contributed by atoms with Crippen molar-refractivity contribution in [3.8, 4) is 11.5 Å². The summed E-state index contributed by atoms with van der Waals surface area (Å²) >= 11 is 7.25. The molecule has 0 bridgehead atoms. The smallest absolute Gasteiger partial charge is 0.167 e. The first-order valence-electron chi connectivity index (χ1n) is 5.57. The maximum Gasteiger partial charge on any atom is 0.167 e. The summed E-state index contributed by atoms with van der Waals surface area (Å²) in [6.07, 6.45) is -0.737. The third-order valence-corrected chi connectivity index (χ3v) is 4.04. The number of hydrogen-bond donors (Lipinski definition) is 1. The Labute approximate surface area is 114 Å². The van der Waals surface area contributed by atoms with Crippen molar-refractivity contribution >= 4 is 22.9 Å². The summed E-state index contributed by atoms with van der Waals surface area (Å²) in [5, 5.41) is 10.4. The van der Waals surface area contributed by atoms with Crippen molar-refractivity contribution < 1.29 is 14.6 Å². The molecule has 94 valence electrons. The van der Waals surface area contributed by atoms with Gasteiger partial charge in [0.2, 0.25) is 0 Å². The Kier molecular flexibility index (Phi) is 3.16. The Morgan fingerprint density at radius 2 is 2.00 bits per heavy atom. The van der Waals surface area contributed by atoms with Gasteiger partial charge in [-0.3, -0.25) is 0 Å². The summed E-state index contributed by atoms with van der Waals surface area (Å²) in [6.45, 7) is 1.04. The first kappa shape index (κ1) is 11.8. The first-order valence-corrected chi connectivity index (χ1v) is 6.77. The molecule has 0 fully saturated rings. The third kappa shape index (κ3) is 2.07. The van der Waals surface area contributed by atoms with Gasteiger partial charge in [0, 0.05) is 10.4 Å². The molecular formula is C13H11ClO3S. The van der Waals surface area contributed by atoms with Gasteiger partial charge in [-0.2, -0.15) is 0 Å². The van der Waals surface area contributed by atoms with Crippen LogP contribution in [0, 0.1) is 0 Å². The highest BCUT2D eigenvalue weighted by atomic mass is 35.5. The van der Waals surface area contributed by atoms with Crippen LogP contribution in [-0.2, 0) is 0 Å². The molecule has 18 heavy (non-hydrogen) atoms. The molecule has 3 nitrogen and oxygen atoms in total. The van der Waals surface area contributed by atoms with Gasteiger partial charge in [-0.1, -0.05) is 23.7 Å². The van der Waals surface area contributed by atoms with Crippen molar-refractivity contribution in [3.63, 3.8) is 0 Å². The highest BCUT2D eigenvalue weighted by Crippen LogP contribution is 2.40. The van der Waals surface area contributed by atoms with E-state index < -0.39 is 6.10 Å². The molecule has 1 aromatic carbocycles. The molecule has 1 N–H and O–H groups in total. The maximum atomic E-state index is 10.4. The molecule has 1 aliphatic rings. The van der Waals surface area contributed by atoms with Crippen LogP contribution in [0.5, 0.6) is 11.5 Å². The number of benzene rings is 1. The summed E-state index contributed by atoms with van der Waals surface area (Å²) in [6, 6.07) is 9.12. The average molecular weight is 283 g/mol. The Bertz CT molecular complexity index is 567. The van der Waals surface area contributed by atoms with Gasteiger partial charge in [0.25, 0.3) is 0 Å². The Balaban J connectivity index is 2.01. The second-order valence-electron chi connectivity index (χ2n) is 3.92. The van der Waals surface area contributed by atoms with Gasteiger partial charge in [0.05, 0.1) is 4.34 Å². The fourth-order valence-electron chi connectivity index (χ4n) is 1.94. The highest BCUT2D eigenvalue weighted by molar-refractivity contribution is 7.16. The van der Waals surface area contributed by atoms with Crippen LogP contribution < -0.4 is 9.47 Å². The van der Waals surface area contributed by atoms with E-state index in [1.54, 1.807) is 6.07 Å². The molecule has 0 radical (unpaired) electrons. The van der Waals surface area contributed by atoms with E-state index in [4.69, 9.17) is 21.1 Å². The maximum absolute atomic E-state index is 10.4. The van der Waals surface area contributed by atoms with Crippen molar-refractivity contribution in [1.82, 2.24) is 0 Å².